The molecule has 2 aliphatic heterocycles. The van der Waals surface area contributed by atoms with Gasteiger partial charge < -0.3 is 15.2 Å². The lowest BCUT2D eigenvalue weighted by Gasteiger charge is -2.38. The zero-order chi connectivity index (χ0) is 42.8. The maximum absolute atomic E-state index is 14.3. The van der Waals surface area contributed by atoms with Crippen molar-refractivity contribution in [1.82, 2.24) is 39.3 Å². The number of rotatable bonds is 7. The van der Waals surface area contributed by atoms with Gasteiger partial charge in [0, 0.05) is 44.5 Å². The molecule has 4 aromatic rings. The fourth-order valence-electron chi connectivity index (χ4n) is 8.44. The second kappa shape index (κ2) is 18.0. The van der Waals surface area contributed by atoms with Crippen molar-refractivity contribution in [2.75, 3.05) is 58.3 Å². The van der Waals surface area contributed by atoms with Crippen molar-refractivity contribution in [3.8, 4) is 22.8 Å². The van der Waals surface area contributed by atoms with E-state index in [1.807, 2.05) is 0 Å². The van der Waals surface area contributed by atoms with Gasteiger partial charge in [-0.2, -0.15) is 36.5 Å². The number of nitro groups is 1. The van der Waals surface area contributed by atoms with Gasteiger partial charge in [-0.25, -0.2) is 18.7 Å². The molecule has 0 radical (unpaired) electrons. The number of pyridine rings is 2. The van der Waals surface area contributed by atoms with Gasteiger partial charge in [-0.15, -0.1) is 0 Å². The van der Waals surface area contributed by atoms with Crippen LogP contribution in [-0.4, -0.2) is 109 Å². The zero-order valence-corrected chi connectivity index (χ0v) is 32.3. The van der Waals surface area contributed by atoms with E-state index in [2.05, 4.69) is 30.0 Å². The van der Waals surface area contributed by atoms with Crippen LogP contribution in [0.15, 0.2) is 36.7 Å². The van der Waals surface area contributed by atoms with Crippen LogP contribution in [0.5, 0.6) is 0 Å². The lowest BCUT2D eigenvalue weighted by atomic mass is 9.90. The summed E-state index contributed by atoms with van der Waals surface area (Å²) in [4.78, 5) is 22.3. The summed E-state index contributed by atoms with van der Waals surface area (Å²) in [6.07, 6.45) is 0.140. The van der Waals surface area contributed by atoms with Crippen molar-refractivity contribution < 1.29 is 49.5 Å². The molecule has 2 N–H and O–H groups in total. The van der Waals surface area contributed by atoms with E-state index in [-0.39, 0.29) is 23.5 Å². The SMILES string of the molecule is Nc1cn(C2CCC(N3CCOCC3)CC2)nc1-c1nc(C(F)(F)F)ccc1F.O=[N+]([O-])c1cn(C2CCC(N3CCOCC3)CC2)nc1-c1nc(C(F)(F)F)ccc1F. The molecule has 326 valence electrons. The second-order valence-electron chi connectivity index (χ2n) is 15.3. The molecule has 0 atom stereocenters. The van der Waals surface area contributed by atoms with Crippen LogP contribution in [-0.2, 0) is 21.8 Å². The van der Waals surface area contributed by atoms with Crippen molar-refractivity contribution in [2.24, 2.45) is 0 Å². The molecular weight excluding hydrogens is 812 g/mol. The first-order chi connectivity index (χ1) is 28.6. The highest BCUT2D eigenvalue weighted by Crippen LogP contribution is 2.38. The molecule has 22 heteroatoms. The maximum Gasteiger partial charge on any atom is 0.433 e. The maximum atomic E-state index is 14.3. The topological polar surface area (TPSA) is 156 Å². The summed E-state index contributed by atoms with van der Waals surface area (Å²) in [7, 11) is 0. The lowest BCUT2D eigenvalue weighted by Crippen LogP contribution is -2.45. The van der Waals surface area contributed by atoms with Crippen LogP contribution in [0.4, 0.5) is 46.5 Å². The number of hydrogen-bond acceptors (Lipinski definition) is 11. The number of ether oxygens (including phenoxy) is 2. The van der Waals surface area contributed by atoms with E-state index >= 15 is 0 Å². The molecular formula is C38H44F8N10O4. The van der Waals surface area contributed by atoms with Crippen molar-refractivity contribution in [3.63, 3.8) is 0 Å². The van der Waals surface area contributed by atoms with E-state index in [1.165, 1.54) is 4.68 Å². The van der Waals surface area contributed by atoms with Gasteiger partial charge in [0.2, 0.25) is 0 Å². The molecule has 4 aromatic heterocycles. The average molecular weight is 857 g/mol. The Morgan fingerprint density at radius 1 is 0.600 bits per heavy atom. The fraction of sp³-hybridized carbons (Fsp3) is 0.579. The second-order valence-corrected chi connectivity index (χ2v) is 15.3. The molecule has 0 bridgehead atoms. The Balaban J connectivity index is 0.000000182. The lowest BCUT2D eigenvalue weighted by molar-refractivity contribution is -0.384. The normalized spacial score (nSPS) is 23.5. The van der Waals surface area contributed by atoms with Crippen LogP contribution in [0, 0.1) is 21.7 Å². The van der Waals surface area contributed by atoms with Gasteiger partial charge in [-0.1, -0.05) is 0 Å². The number of nitrogens with zero attached hydrogens (tertiary/aromatic N) is 9. The van der Waals surface area contributed by atoms with Gasteiger partial charge in [0.1, 0.15) is 34.7 Å². The minimum Gasteiger partial charge on any atom is -0.396 e. The number of nitrogens with two attached hydrogens (primary N) is 1. The zero-order valence-electron chi connectivity index (χ0n) is 32.3. The molecule has 60 heavy (non-hydrogen) atoms. The molecule has 4 fully saturated rings. The molecule has 2 saturated carbocycles. The Kier molecular flexibility index (Phi) is 13.0. The van der Waals surface area contributed by atoms with Crippen molar-refractivity contribution >= 4 is 11.4 Å². The first kappa shape index (κ1) is 43.3. The Labute approximate surface area is 338 Å². The van der Waals surface area contributed by atoms with Crippen LogP contribution in [0.2, 0.25) is 0 Å². The molecule has 2 saturated heterocycles. The number of anilines is 1. The summed E-state index contributed by atoms with van der Waals surface area (Å²) >= 11 is 0. The van der Waals surface area contributed by atoms with Gasteiger partial charge in [0.25, 0.3) is 0 Å². The average Bonchev–Trinajstić information content (AvgIpc) is 3.86. The van der Waals surface area contributed by atoms with Gasteiger partial charge in [-0.05, 0) is 75.6 Å². The summed E-state index contributed by atoms with van der Waals surface area (Å²) in [6, 6.07) is 3.28. The molecule has 0 amide bonds. The Morgan fingerprint density at radius 2 is 0.983 bits per heavy atom. The first-order valence-electron chi connectivity index (χ1n) is 19.8. The standard InChI is InChI=1S/C19H21F4N5O3.C19H23F4N5O/c20-14-5-6-16(19(21,22)23)24-17(14)18-15(28(29)30)11-27(25-18)13-3-1-12(2-4-13)26-7-9-31-10-8-26;20-14-5-6-16(19(21,22)23)25-17(14)18-15(24)11-28(26-18)13-3-1-12(2-4-13)27-7-9-29-10-8-27/h5-6,11-13H,1-4,7-10H2;5-6,11-13H,1-4,7-10,24H2. The Hall–Kier alpha value is -4.80. The number of aromatic nitrogens is 6. The predicted molar refractivity (Wildman–Crippen MR) is 199 cm³/mol. The number of hydrogen-bond donors (Lipinski definition) is 1. The predicted octanol–water partition coefficient (Wildman–Crippen LogP) is 7.33. The number of alkyl halides is 6. The first-order valence-corrected chi connectivity index (χ1v) is 19.8. The number of nitrogen functional groups attached to an aromatic ring is 1. The monoisotopic (exact) mass is 856 g/mol. The molecule has 0 spiro atoms. The molecule has 2 aliphatic carbocycles. The number of halogens is 8. The van der Waals surface area contributed by atoms with E-state index in [9.17, 15) is 45.2 Å². The van der Waals surface area contributed by atoms with Crippen LogP contribution >= 0.6 is 0 Å². The highest BCUT2D eigenvalue weighted by Gasteiger charge is 2.37. The van der Waals surface area contributed by atoms with E-state index in [0.717, 1.165) is 90.2 Å². The third-order valence-corrected chi connectivity index (χ3v) is 11.6. The van der Waals surface area contributed by atoms with Crippen molar-refractivity contribution in [2.45, 2.75) is 87.9 Å². The summed E-state index contributed by atoms with van der Waals surface area (Å²) < 4.78 is 120. The molecule has 8 rings (SSSR count). The van der Waals surface area contributed by atoms with E-state index in [1.54, 1.807) is 10.9 Å². The largest absolute Gasteiger partial charge is 0.433 e. The van der Waals surface area contributed by atoms with E-state index in [0.29, 0.717) is 56.3 Å². The molecule has 6 heterocycles. The van der Waals surface area contributed by atoms with E-state index < -0.39 is 63.1 Å². The molecule has 4 aliphatic rings. The highest BCUT2D eigenvalue weighted by molar-refractivity contribution is 5.69. The third-order valence-electron chi connectivity index (χ3n) is 11.6. The van der Waals surface area contributed by atoms with Crippen molar-refractivity contribution in [3.05, 3.63) is 69.8 Å². The third kappa shape index (κ3) is 9.87. The van der Waals surface area contributed by atoms with Crippen molar-refractivity contribution in [1.29, 1.82) is 0 Å². The van der Waals surface area contributed by atoms with Gasteiger partial charge in [-0.3, -0.25) is 29.3 Å². The van der Waals surface area contributed by atoms with Crippen LogP contribution in [0.3, 0.4) is 0 Å². The minimum absolute atomic E-state index is 0.0519. The smallest absolute Gasteiger partial charge is 0.396 e. The van der Waals surface area contributed by atoms with Crippen LogP contribution in [0.25, 0.3) is 22.8 Å². The van der Waals surface area contributed by atoms with Gasteiger partial charge >= 0.3 is 18.0 Å². The molecule has 14 nitrogen and oxygen atoms in total. The van der Waals surface area contributed by atoms with Gasteiger partial charge in [0.05, 0.1) is 49.1 Å². The molecule has 0 aromatic carbocycles. The van der Waals surface area contributed by atoms with E-state index in [4.69, 9.17) is 15.2 Å². The van der Waals surface area contributed by atoms with Crippen LogP contribution in [0.1, 0.15) is 74.8 Å². The summed E-state index contributed by atoms with van der Waals surface area (Å²) in [6.45, 7) is 6.53. The van der Waals surface area contributed by atoms with Gasteiger partial charge in [0.15, 0.2) is 17.3 Å². The quantitative estimate of drug-likeness (QED) is 0.113. The summed E-state index contributed by atoms with van der Waals surface area (Å²) in [5, 5.41) is 19.9. The summed E-state index contributed by atoms with van der Waals surface area (Å²) in [5.41, 5.74) is 1.20. The number of morpholine rings is 2. The summed E-state index contributed by atoms with van der Waals surface area (Å²) in [5.74, 6) is -1.98. The van der Waals surface area contributed by atoms with Crippen LogP contribution < -0.4 is 5.73 Å². The fourth-order valence-corrected chi connectivity index (χ4v) is 8.44. The minimum atomic E-state index is -4.81. The molecule has 0 unspecified atom stereocenters. The Bertz CT molecular complexity index is 2100. The highest BCUT2D eigenvalue weighted by atomic mass is 19.4. The Morgan fingerprint density at radius 3 is 1.40 bits per heavy atom.